The van der Waals surface area contributed by atoms with Crippen molar-refractivity contribution in [3.8, 4) is 0 Å². The van der Waals surface area contributed by atoms with Crippen LogP contribution in [-0.4, -0.2) is 22.7 Å². The molecule has 1 aromatic rings. The Morgan fingerprint density at radius 3 is 2.73 bits per heavy atom. The molecule has 0 spiro atoms. The van der Waals surface area contributed by atoms with Gasteiger partial charge in [0.25, 0.3) is 0 Å². The molecule has 6 heteroatoms. The highest BCUT2D eigenvalue weighted by Crippen LogP contribution is 2.31. The van der Waals surface area contributed by atoms with Gasteiger partial charge in [-0.05, 0) is 19.4 Å². The number of rotatable bonds is 5. The first kappa shape index (κ1) is 12.1. The summed E-state index contributed by atoms with van der Waals surface area (Å²) in [5, 5.41) is 19.8. The summed E-state index contributed by atoms with van der Waals surface area (Å²) in [4.78, 5) is 10.9. The molecule has 5 nitrogen and oxygen atoms in total. The van der Waals surface area contributed by atoms with Crippen molar-refractivity contribution in [2.45, 2.75) is 25.4 Å². The predicted molar refractivity (Wildman–Crippen MR) is 59.1 cm³/mol. The SMILES string of the molecule is CC(O)CC(CN)c1ccc([N+](=O)[O-])s1. The van der Waals surface area contributed by atoms with Crippen LogP contribution in [0.15, 0.2) is 12.1 Å². The maximum Gasteiger partial charge on any atom is 0.324 e. The van der Waals surface area contributed by atoms with Gasteiger partial charge in [-0.15, -0.1) is 0 Å². The second kappa shape index (κ2) is 5.20. The number of nitrogens with zero attached hydrogens (tertiary/aromatic N) is 1. The fraction of sp³-hybridized carbons (Fsp3) is 0.556. The number of hydrogen-bond acceptors (Lipinski definition) is 5. The predicted octanol–water partition coefficient (Wildman–Crippen LogP) is 1.47. The van der Waals surface area contributed by atoms with Gasteiger partial charge in [0, 0.05) is 23.4 Å². The van der Waals surface area contributed by atoms with Gasteiger partial charge in [0.15, 0.2) is 0 Å². The van der Waals surface area contributed by atoms with E-state index in [1.807, 2.05) is 0 Å². The normalized spacial score (nSPS) is 14.9. The van der Waals surface area contributed by atoms with E-state index in [0.717, 1.165) is 16.2 Å². The highest BCUT2D eigenvalue weighted by Gasteiger charge is 2.18. The summed E-state index contributed by atoms with van der Waals surface area (Å²) in [6, 6.07) is 3.19. The quantitative estimate of drug-likeness (QED) is 0.592. The Bertz CT molecular complexity index is 338. The summed E-state index contributed by atoms with van der Waals surface area (Å²) in [6.07, 6.45) is 0.0912. The summed E-state index contributed by atoms with van der Waals surface area (Å²) < 4.78 is 0. The molecule has 0 bridgehead atoms. The number of thiophene rings is 1. The van der Waals surface area contributed by atoms with Gasteiger partial charge in [-0.25, -0.2) is 0 Å². The van der Waals surface area contributed by atoms with E-state index in [0.29, 0.717) is 13.0 Å². The fourth-order valence-electron chi connectivity index (χ4n) is 1.40. The molecular weight excluding hydrogens is 216 g/mol. The van der Waals surface area contributed by atoms with Crippen LogP contribution in [0.2, 0.25) is 0 Å². The summed E-state index contributed by atoms with van der Waals surface area (Å²) in [7, 11) is 0. The standard InChI is InChI=1S/C9H14N2O3S/c1-6(12)4-7(5-10)8-2-3-9(15-8)11(13)14/h2-3,6-7,12H,4-5,10H2,1H3. The minimum atomic E-state index is -0.445. The summed E-state index contributed by atoms with van der Waals surface area (Å²) >= 11 is 1.13. The molecule has 0 saturated heterocycles. The third kappa shape index (κ3) is 3.26. The van der Waals surface area contributed by atoms with Crippen LogP contribution < -0.4 is 5.73 Å². The molecule has 1 heterocycles. The van der Waals surface area contributed by atoms with Crippen LogP contribution in [0.3, 0.4) is 0 Å². The number of aliphatic hydroxyl groups excluding tert-OH is 1. The molecule has 15 heavy (non-hydrogen) atoms. The lowest BCUT2D eigenvalue weighted by Gasteiger charge is -2.13. The molecule has 1 rings (SSSR count). The van der Waals surface area contributed by atoms with Crippen LogP contribution >= 0.6 is 11.3 Å². The van der Waals surface area contributed by atoms with Crippen LogP contribution in [0.4, 0.5) is 5.00 Å². The minimum absolute atomic E-state index is 0.00343. The van der Waals surface area contributed by atoms with Gasteiger partial charge >= 0.3 is 5.00 Å². The monoisotopic (exact) mass is 230 g/mol. The molecule has 0 amide bonds. The zero-order valence-corrected chi connectivity index (χ0v) is 9.24. The average molecular weight is 230 g/mol. The van der Waals surface area contributed by atoms with Gasteiger partial charge in [-0.2, -0.15) is 0 Å². The second-order valence-electron chi connectivity index (χ2n) is 3.45. The van der Waals surface area contributed by atoms with Gasteiger partial charge in [-0.3, -0.25) is 10.1 Å². The summed E-state index contributed by atoms with van der Waals surface area (Å²) in [6.45, 7) is 2.08. The van der Waals surface area contributed by atoms with Gasteiger partial charge in [0.05, 0.1) is 11.0 Å². The highest BCUT2D eigenvalue weighted by atomic mass is 32.1. The lowest BCUT2D eigenvalue weighted by molar-refractivity contribution is -0.380. The molecule has 0 aliphatic rings. The molecule has 3 N–H and O–H groups in total. The van der Waals surface area contributed by atoms with Crippen molar-refractivity contribution >= 4 is 16.3 Å². The van der Waals surface area contributed by atoms with Gasteiger partial charge in [0.2, 0.25) is 0 Å². The lowest BCUT2D eigenvalue weighted by atomic mass is 10.0. The first-order chi connectivity index (χ1) is 7.04. The molecule has 2 atom stereocenters. The first-order valence-corrected chi connectivity index (χ1v) is 5.48. The summed E-state index contributed by atoms with van der Waals surface area (Å²) in [5.41, 5.74) is 5.56. The Hall–Kier alpha value is -0.980. The van der Waals surface area contributed by atoms with E-state index < -0.39 is 11.0 Å². The smallest absolute Gasteiger partial charge is 0.324 e. The molecule has 2 unspecified atom stereocenters. The zero-order chi connectivity index (χ0) is 11.4. The van der Waals surface area contributed by atoms with E-state index >= 15 is 0 Å². The van der Waals surface area contributed by atoms with Crippen molar-refractivity contribution < 1.29 is 10.0 Å². The van der Waals surface area contributed by atoms with Crippen LogP contribution in [0.1, 0.15) is 24.1 Å². The van der Waals surface area contributed by atoms with Gasteiger partial charge in [0.1, 0.15) is 0 Å². The molecular formula is C9H14N2O3S. The number of aliphatic hydroxyl groups is 1. The highest BCUT2D eigenvalue weighted by molar-refractivity contribution is 7.15. The Balaban J connectivity index is 2.78. The van der Waals surface area contributed by atoms with Crippen LogP contribution in [-0.2, 0) is 0 Å². The molecule has 0 saturated carbocycles. The first-order valence-electron chi connectivity index (χ1n) is 4.66. The van der Waals surface area contributed by atoms with Crippen molar-refractivity contribution in [2.75, 3.05) is 6.54 Å². The third-order valence-electron chi connectivity index (χ3n) is 2.11. The maximum atomic E-state index is 10.5. The lowest BCUT2D eigenvalue weighted by Crippen LogP contribution is -2.16. The van der Waals surface area contributed by atoms with Crippen LogP contribution in [0, 0.1) is 10.1 Å². The Labute approximate surface area is 91.7 Å². The van der Waals surface area contributed by atoms with E-state index in [9.17, 15) is 15.2 Å². The molecule has 0 aliphatic heterocycles. The van der Waals surface area contributed by atoms with Crippen molar-refractivity contribution in [1.82, 2.24) is 0 Å². The largest absolute Gasteiger partial charge is 0.393 e. The van der Waals surface area contributed by atoms with Gasteiger partial charge in [-0.1, -0.05) is 11.3 Å². The summed E-state index contributed by atoms with van der Waals surface area (Å²) in [5.74, 6) is 0.00343. The van der Waals surface area contributed by atoms with Gasteiger partial charge < -0.3 is 10.8 Å². The molecule has 0 aromatic carbocycles. The molecule has 84 valence electrons. The Morgan fingerprint density at radius 2 is 2.33 bits per heavy atom. The molecule has 0 fully saturated rings. The fourth-order valence-corrected chi connectivity index (χ4v) is 2.35. The van der Waals surface area contributed by atoms with Crippen LogP contribution in [0.5, 0.6) is 0 Å². The van der Waals surface area contributed by atoms with E-state index in [1.165, 1.54) is 6.07 Å². The third-order valence-corrected chi connectivity index (χ3v) is 3.30. The Morgan fingerprint density at radius 1 is 1.67 bits per heavy atom. The van der Waals surface area contributed by atoms with Crippen molar-refractivity contribution in [3.05, 3.63) is 27.1 Å². The van der Waals surface area contributed by atoms with Crippen LogP contribution in [0.25, 0.3) is 0 Å². The average Bonchev–Trinajstić information content (AvgIpc) is 2.62. The van der Waals surface area contributed by atoms with E-state index in [2.05, 4.69) is 0 Å². The number of nitro groups is 1. The minimum Gasteiger partial charge on any atom is -0.393 e. The number of hydrogen-bond donors (Lipinski definition) is 2. The van der Waals surface area contributed by atoms with E-state index in [4.69, 9.17) is 5.73 Å². The van der Waals surface area contributed by atoms with Crippen molar-refractivity contribution in [1.29, 1.82) is 0 Å². The molecule has 1 aromatic heterocycles. The van der Waals surface area contributed by atoms with Crippen molar-refractivity contribution in [2.24, 2.45) is 5.73 Å². The number of nitrogens with two attached hydrogens (primary N) is 1. The molecule has 0 aliphatic carbocycles. The molecule has 0 radical (unpaired) electrons. The zero-order valence-electron chi connectivity index (χ0n) is 8.42. The second-order valence-corrected chi connectivity index (χ2v) is 4.54. The topological polar surface area (TPSA) is 89.4 Å². The van der Waals surface area contributed by atoms with Crippen molar-refractivity contribution in [3.63, 3.8) is 0 Å². The maximum absolute atomic E-state index is 10.5. The Kier molecular flexibility index (Phi) is 4.19. The van der Waals surface area contributed by atoms with E-state index in [1.54, 1.807) is 13.0 Å². The van der Waals surface area contributed by atoms with E-state index in [-0.39, 0.29) is 10.9 Å².